The van der Waals surface area contributed by atoms with Gasteiger partial charge in [0.15, 0.2) is 18.1 Å². The Morgan fingerprint density at radius 3 is 2.62 bits per heavy atom. The Kier molecular flexibility index (Phi) is 7.02. The van der Waals surface area contributed by atoms with Crippen LogP contribution in [0.2, 0.25) is 0 Å². The molecule has 1 aromatic rings. The van der Waals surface area contributed by atoms with Crippen molar-refractivity contribution in [2.75, 3.05) is 27.3 Å². The number of rotatable bonds is 8. The molecule has 21 heavy (non-hydrogen) atoms. The van der Waals surface area contributed by atoms with Crippen molar-refractivity contribution in [2.24, 2.45) is 0 Å². The Labute approximate surface area is 127 Å². The highest BCUT2D eigenvalue weighted by atomic mass is 16.5. The number of hydrogen-bond acceptors (Lipinski definition) is 4. The van der Waals surface area contributed by atoms with E-state index in [4.69, 9.17) is 9.47 Å². The molecule has 0 aliphatic heterocycles. The van der Waals surface area contributed by atoms with Crippen LogP contribution in [0.5, 0.6) is 11.5 Å². The lowest BCUT2D eigenvalue weighted by atomic mass is 10.2. The molecule has 0 saturated carbocycles. The van der Waals surface area contributed by atoms with E-state index in [2.05, 4.69) is 12.2 Å². The smallest absolute Gasteiger partial charge is 0.260 e. The first-order valence-electron chi connectivity index (χ1n) is 7.25. The number of nitrogens with one attached hydrogen (secondary N) is 1. The molecule has 5 heteroatoms. The van der Waals surface area contributed by atoms with E-state index < -0.39 is 0 Å². The van der Waals surface area contributed by atoms with Gasteiger partial charge >= 0.3 is 0 Å². The molecule has 1 N–H and O–H groups in total. The zero-order valence-corrected chi connectivity index (χ0v) is 13.6. The first kappa shape index (κ1) is 17.3. The minimum Gasteiger partial charge on any atom is -0.493 e. The lowest BCUT2D eigenvalue weighted by Crippen LogP contribution is -2.36. The molecule has 118 valence electrons. The normalized spacial score (nSPS) is 10.6. The second kappa shape index (κ2) is 8.52. The van der Waals surface area contributed by atoms with E-state index in [0.29, 0.717) is 11.5 Å². The molecule has 1 amide bonds. The lowest BCUT2D eigenvalue weighted by Gasteiger charge is -2.21. The van der Waals surface area contributed by atoms with Crippen LogP contribution in [0, 0.1) is 0 Å². The standard InChI is InChI=1S/C16H26N2O3/c1-6-17-10-13-7-8-14(20-5)15(9-13)21-11-16(19)18(4)12(2)3/h7-9,12,17H,6,10-11H2,1-5H3. The molecule has 0 bridgehead atoms. The average Bonchev–Trinajstić information content (AvgIpc) is 2.49. The maximum atomic E-state index is 12.0. The fourth-order valence-electron chi connectivity index (χ4n) is 1.74. The second-order valence-electron chi connectivity index (χ2n) is 5.15. The number of hydrogen-bond donors (Lipinski definition) is 1. The quantitative estimate of drug-likeness (QED) is 0.797. The van der Waals surface area contributed by atoms with Crippen LogP contribution >= 0.6 is 0 Å². The van der Waals surface area contributed by atoms with Gasteiger partial charge < -0.3 is 19.7 Å². The number of amides is 1. The van der Waals surface area contributed by atoms with Gasteiger partial charge in [0.2, 0.25) is 0 Å². The third-order valence-corrected chi connectivity index (χ3v) is 3.33. The molecule has 0 aliphatic carbocycles. The van der Waals surface area contributed by atoms with E-state index in [1.165, 1.54) is 0 Å². The van der Waals surface area contributed by atoms with Gasteiger partial charge in [-0.15, -0.1) is 0 Å². The highest BCUT2D eigenvalue weighted by Gasteiger charge is 2.14. The van der Waals surface area contributed by atoms with E-state index >= 15 is 0 Å². The van der Waals surface area contributed by atoms with Crippen molar-refractivity contribution in [1.29, 1.82) is 0 Å². The van der Waals surface area contributed by atoms with Crippen molar-refractivity contribution in [3.8, 4) is 11.5 Å². The average molecular weight is 294 g/mol. The number of carbonyl (C=O) groups excluding carboxylic acids is 1. The molecule has 0 radical (unpaired) electrons. The van der Waals surface area contributed by atoms with Crippen molar-refractivity contribution in [3.05, 3.63) is 23.8 Å². The number of nitrogens with zero attached hydrogens (tertiary/aromatic N) is 1. The van der Waals surface area contributed by atoms with Gasteiger partial charge in [0.1, 0.15) is 0 Å². The van der Waals surface area contributed by atoms with Crippen LogP contribution in [0.25, 0.3) is 0 Å². The van der Waals surface area contributed by atoms with Gasteiger partial charge in [0.25, 0.3) is 5.91 Å². The maximum absolute atomic E-state index is 12.0. The topological polar surface area (TPSA) is 50.8 Å². The molecule has 5 nitrogen and oxygen atoms in total. The lowest BCUT2D eigenvalue weighted by molar-refractivity contribution is -0.133. The fraction of sp³-hybridized carbons (Fsp3) is 0.562. The third-order valence-electron chi connectivity index (χ3n) is 3.33. The monoisotopic (exact) mass is 294 g/mol. The number of ether oxygens (including phenoxy) is 2. The predicted molar refractivity (Wildman–Crippen MR) is 83.8 cm³/mol. The Morgan fingerprint density at radius 2 is 2.05 bits per heavy atom. The Balaban J connectivity index is 2.73. The minimum atomic E-state index is -0.0517. The van der Waals surface area contributed by atoms with E-state index in [1.54, 1.807) is 19.1 Å². The Bertz CT molecular complexity index is 461. The molecule has 0 aromatic heterocycles. The summed E-state index contributed by atoms with van der Waals surface area (Å²) in [4.78, 5) is 13.6. The third kappa shape index (κ3) is 5.27. The molecule has 1 aromatic carbocycles. The molecule has 0 aliphatic rings. The van der Waals surface area contributed by atoms with Gasteiger partial charge in [-0.3, -0.25) is 4.79 Å². The van der Waals surface area contributed by atoms with Crippen LogP contribution in [0.15, 0.2) is 18.2 Å². The zero-order chi connectivity index (χ0) is 15.8. The van der Waals surface area contributed by atoms with Crippen LogP contribution in [0.3, 0.4) is 0 Å². The molecule has 0 atom stereocenters. The predicted octanol–water partition coefficient (Wildman–Crippen LogP) is 2.05. The summed E-state index contributed by atoms with van der Waals surface area (Å²) < 4.78 is 10.9. The van der Waals surface area contributed by atoms with E-state index in [1.807, 2.05) is 32.0 Å². The van der Waals surface area contributed by atoms with Gasteiger partial charge in [-0.05, 0) is 38.1 Å². The van der Waals surface area contributed by atoms with Crippen LogP contribution < -0.4 is 14.8 Å². The van der Waals surface area contributed by atoms with Crippen molar-refractivity contribution in [1.82, 2.24) is 10.2 Å². The molecule has 0 saturated heterocycles. The van der Waals surface area contributed by atoms with Crippen molar-refractivity contribution < 1.29 is 14.3 Å². The summed E-state index contributed by atoms with van der Waals surface area (Å²) in [6.07, 6.45) is 0. The number of likely N-dealkylation sites (N-methyl/N-ethyl adjacent to an activating group) is 1. The molecular formula is C16H26N2O3. The maximum Gasteiger partial charge on any atom is 0.260 e. The van der Waals surface area contributed by atoms with E-state index in [-0.39, 0.29) is 18.6 Å². The van der Waals surface area contributed by atoms with Gasteiger partial charge in [-0.2, -0.15) is 0 Å². The summed E-state index contributed by atoms with van der Waals surface area (Å²) in [5.41, 5.74) is 1.09. The number of carbonyl (C=O) groups is 1. The molecule has 0 unspecified atom stereocenters. The first-order chi connectivity index (χ1) is 9.99. The number of benzene rings is 1. The summed E-state index contributed by atoms with van der Waals surface area (Å²) >= 11 is 0. The summed E-state index contributed by atoms with van der Waals surface area (Å²) in [5.74, 6) is 1.18. The highest BCUT2D eigenvalue weighted by molar-refractivity contribution is 5.77. The van der Waals surface area contributed by atoms with Gasteiger partial charge in [-0.1, -0.05) is 13.0 Å². The van der Waals surface area contributed by atoms with E-state index in [0.717, 1.165) is 18.7 Å². The van der Waals surface area contributed by atoms with E-state index in [9.17, 15) is 4.79 Å². The fourth-order valence-corrected chi connectivity index (χ4v) is 1.74. The second-order valence-corrected chi connectivity index (χ2v) is 5.15. The molecule has 0 spiro atoms. The summed E-state index contributed by atoms with van der Waals surface area (Å²) in [6.45, 7) is 7.67. The van der Waals surface area contributed by atoms with Gasteiger partial charge in [0.05, 0.1) is 7.11 Å². The highest BCUT2D eigenvalue weighted by Crippen LogP contribution is 2.28. The minimum absolute atomic E-state index is 0.00962. The molecular weight excluding hydrogens is 268 g/mol. The summed E-state index contributed by atoms with van der Waals surface area (Å²) in [5, 5.41) is 3.26. The zero-order valence-electron chi connectivity index (χ0n) is 13.6. The van der Waals surface area contributed by atoms with Crippen LogP contribution in [0.1, 0.15) is 26.3 Å². The van der Waals surface area contributed by atoms with Crippen molar-refractivity contribution in [3.63, 3.8) is 0 Å². The molecule has 0 heterocycles. The van der Waals surface area contributed by atoms with Gasteiger partial charge in [0, 0.05) is 19.6 Å². The summed E-state index contributed by atoms with van der Waals surface area (Å²) in [6, 6.07) is 5.90. The SMILES string of the molecule is CCNCc1ccc(OC)c(OCC(=O)N(C)C(C)C)c1. The van der Waals surface area contributed by atoms with Crippen LogP contribution in [-0.2, 0) is 11.3 Å². The Hall–Kier alpha value is -1.75. The first-order valence-corrected chi connectivity index (χ1v) is 7.25. The largest absolute Gasteiger partial charge is 0.493 e. The molecule has 0 fully saturated rings. The number of methoxy groups -OCH3 is 1. The van der Waals surface area contributed by atoms with Crippen LogP contribution in [0.4, 0.5) is 0 Å². The van der Waals surface area contributed by atoms with Crippen molar-refractivity contribution in [2.45, 2.75) is 33.4 Å². The summed E-state index contributed by atoms with van der Waals surface area (Å²) in [7, 11) is 3.36. The van der Waals surface area contributed by atoms with Gasteiger partial charge in [-0.25, -0.2) is 0 Å². The van der Waals surface area contributed by atoms with Crippen LogP contribution in [-0.4, -0.2) is 44.2 Å². The molecule has 1 rings (SSSR count). The van der Waals surface area contributed by atoms with Crippen molar-refractivity contribution >= 4 is 5.91 Å². The Morgan fingerprint density at radius 1 is 1.33 bits per heavy atom.